The summed E-state index contributed by atoms with van der Waals surface area (Å²) in [5.41, 5.74) is 3.21. The summed E-state index contributed by atoms with van der Waals surface area (Å²) in [5.74, 6) is 1.62. The minimum Gasteiger partial charge on any atom is -0.357 e. The van der Waals surface area contributed by atoms with Crippen molar-refractivity contribution in [2.75, 3.05) is 26.2 Å². The zero-order valence-corrected chi connectivity index (χ0v) is 20.3. The van der Waals surface area contributed by atoms with Gasteiger partial charge in [0.25, 0.3) is 5.91 Å². The third-order valence-electron chi connectivity index (χ3n) is 5.25. The molecule has 6 heteroatoms. The van der Waals surface area contributed by atoms with E-state index in [0.29, 0.717) is 24.6 Å². The molecule has 1 aliphatic rings. The van der Waals surface area contributed by atoms with E-state index in [2.05, 4.69) is 52.8 Å². The molecule has 0 bridgehead atoms. The van der Waals surface area contributed by atoms with Gasteiger partial charge in [-0.25, -0.2) is 4.99 Å². The van der Waals surface area contributed by atoms with Crippen molar-refractivity contribution in [3.63, 3.8) is 0 Å². The summed E-state index contributed by atoms with van der Waals surface area (Å²) in [6.07, 6.45) is 2.32. The number of amides is 1. The average molecular weight is 520 g/mol. The van der Waals surface area contributed by atoms with Crippen molar-refractivity contribution in [1.82, 2.24) is 15.5 Å². The molecule has 0 aromatic heterocycles. The van der Waals surface area contributed by atoms with E-state index >= 15 is 0 Å². The first kappa shape index (κ1) is 24.2. The smallest absolute Gasteiger partial charge is 0.251 e. The largest absolute Gasteiger partial charge is 0.357 e. The average Bonchev–Trinajstić information content (AvgIpc) is 3.20. The summed E-state index contributed by atoms with van der Waals surface area (Å²) < 4.78 is 0. The number of halogens is 1. The van der Waals surface area contributed by atoms with Crippen LogP contribution in [-0.4, -0.2) is 42.9 Å². The van der Waals surface area contributed by atoms with E-state index in [1.54, 1.807) is 0 Å². The summed E-state index contributed by atoms with van der Waals surface area (Å²) in [6.45, 7) is 8.21. The third-order valence-corrected chi connectivity index (χ3v) is 5.25. The number of nitrogens with one attached hydrogen (secondary N) is 2. The molecule has 30 heavy (non-hydrogen) atoms. The Morgan fingerprint density at radius 2 is 1.70 bits per heavy atom. The molecule has 1 saturated heterocycles. The van der Waals surface area contributed by atoms with Crippen molar-refractivity contribution in [2.24, 2.45) is 10.9 Å². The van der Waals surface area contributed by atoms with Gasteiger partial charge >= 0.3 is 0 Å². The van der Waals surface area contributed by atoms with Gasteiger partial charge in [0.2, 0.25) is 0 Å². The molecule has 3 rings (SSSR count). The highest BCUT2D eigenvalue weighted by atomic mass is 127. The minimum atomic E-state index is -0.0302. The van der Waals surface area contributed by atoms with Gasteiger partial charge in [0, 0.05) is 31.7 Å². The molecule has 0 radical (unpaired) electrons. The van der Waals surface area contributed by atoms with Crippen LogP contribution in [0.2, 0.25) is 0 Å². The molecule has 1 unspecified atom stereocenters. The topological polar surface area (TPSA) is 56.7 Å². The van der Waals surface area contributed by atoms with Crippen LogP contribution in [-0.2, 0) is 13.0 Å². The summed E-state index contributed by atoms with van der Waals surface area (Å²) in [6, 6.07) is 18.4. The number of likely N-dealkylation sites (tertiary alicyclic amines) is 1. The van der Waals surface area contributed by atoms with E-state index in [1.807, 2.05) is 31.2 Å². The van der Waals surface area contributed by atoms with E-state index in [1.165, 1.54) is 12.0 Å². The maximum atomic E-state index is 11.9. The summed E-state index contributed by atoms with van der Waals surface area (Å²) in [7, 11) is 0. The van der Waals surface area contributed by atoms with E-state index in [9.17, 15) is 4.79 Å². The molecule has 1 heterocycles. The van der Waals surface area contributed by atoms with Gasteiger partial charge in [0.1, 0.15) is 0 Å². The van der Waals surface area contributed by atoms with Crippen LogP contribution in [0.3, 0.4) is 0 Å². The Morgan fingerprint density at radius 3 is 2.37 bits per heavy atom. The molecule has 5 nitrogen and oxygen atoms in total. The highest BCUT2D eigenvalue weighted by molar-refractivity contribution is 14.0. The first-order valence-electron chi connectivity index (χ1n) is 10.6. The van der Waals surface area contributed by atoms with Crippen molar-refractivity contribution >= 4 is 35.8 Å². The Kier molecular flexibility index (Phi) is 10.1. The number of benzene rings is 2. The standard InChI is InChI=1S/C24H32N4O.HI/c1-3-25-23(29)22-12-10-20(11-13-22)17-27-24(26-4-2)28-15-14-21(18-28)16-19-8-6-5-7-9-19;/h5-13,21H,3-4,14-18H2,1-2H3,(H,25,29)(H,26,27);1H. The number of hydrogen-bond donors (Lipinski definition) is 2. The first-order chi connectivity index (χ1) is 14.2. The maximum Gasteiger partial charge on any atom is 0.251 e. The van der Waals surface area contributed by atoms with Crippen molar-refractivity contribution in [2.45, 2.75) is 33.2 Å². The summed E-state index contributed by atoms with van der Waals surface area (Å²) >= 11 is 0. The van der Waals surface area contributed by atoms with Crippen molar-refractivity contribution < 1.29 is 4.79 Å². The lowest BCUT2D eigenvalue weighted by Gasteiger charge is -2.21. The van der Waals surface area contributed by atoms with Gasteiger partial charge < -0.3 is 15.5 Å². The third kappa shape index (κ3) is 7.00. The lowest BCUT2D eigenvalue weighted by atomic mass is 9.99. The van der Waals surface area contributed by atoms with Gasteiger partial charge in [-0.1, -0.05) is 42.5 Å². The second-order valence-electron chi connectivity index (χ2n) is 7.52. The van der Waals surface area contributed by atoms with Crippen LogP contribution in [0, 0.1) is 5.92 Å². The molecular weight excluding hydrogens is 487 g/mol. The van der Waals surface area contributed by atoms with E-state index in [-0.39, 0.29) is 29.9 Å². The fraction of sp³-hybridized carbons (Fsp3) is 0.417. The fourth-order valence-corrected chi connectivity index (χ4v) is 3.76. The highest BCUT2D eigenvalue weighted by Gasteiger charge is 2.24. The van der Waals surface area contributed by atoms with Crippen LogP contribution in [0.25, 0.3) is 0 Å². The molecule has 1 aliphatic heterocycles. The number of guanidine groups is 1. The normalized spacial score (nSPS) is 16.1. The first-order valence-corrected chi connectivity index (χ1v) is 10.6. The highest BCUT2D eigenvalue weighted by Crippen LogP contribution is 2.21. The van der Waals surface area contributed by atoms with Crippen LogP contribution in [0.4, 0.5) is 0 Å². The van der Waals surface area contributed by atoms with Gasteiger partial charge in [-0.2, -0.15) is 0 Å². The molecule has 1 atom stereocenters. The Hall–Kier alpha value is -2.09. The molecule has 162 valence electrons. The zero-order chi connectivity index (χ0) is 20.5. The van der Waals surface area contributed by atoms with E-state index < -0.39 is 0 Å². The lowest BCUT2D eigenvalue weighted by Crippen LogP contribution is -2.40. The maximum absolute atomic E-state index is 11.9. The van der Waals surface area contributed by atoms with Gasteiger partial charge in [0.05, 0.1) is 6.54 Å². The SMILES string of the molecule is CCNC(=O)c1ccc(CN=C(NCC)N2CCC(Cc3ccccc3)C2)cc1.I. The number of aliphatic imine (C=N–C) groups is 1. The van der Waals surface area contributed by atoms with Crippen molar-refractivity contribution in [3.8, 4) is 0 Å². The summed E-state index contributed by atoms with van der Waals surface area (Å²) in [5, 5.41) is 6.26. The Morgan fingerprint density at radius 1 is 1.00 bits per heavy atom. The van der Waals surface area contributed by atoms with E-state index in [0.717, 1.165) is 37.6 Å². The Labute approximate surface area is 197 Å². The van der Waals surface area contributed by atoms with Gasteiger partial charge in [-0.05, 0) is 55.9 Å². The predicted octanol–water partition coefficient (Wildman–Crippen LogP) is 4.08. The monoisotopic (exact) mass is 520 g/mol. The number of carbonyl (C=O) groups is 1. The van der Waals surface area contributed by atoms with Crippen LogP contribution >= 0.6 is 24.0 Å². The molecule has 0 saturated carbocycles. The predicted molar refractivity (Wildman–Crippen MR) is 135 cm³/mol. The molecule has 1 fully saturated rings. The van der Waals surface area contributed by atoms with Gasteiger partial charge in [-0.3, -0.25) is 4.79 Å². The van der Waals surface area contributed by atoms with Crippen LogP contribution in [0.5, 0.6) is 0 Å². The zero-order valence-electron chi connectivity index (χ0n) is 17.9. The minimum absolute atomic E-state index is 0. The molecule has 2 aromatic carbocycles. The second kappa shape index (κ2) is 12.6. The molecule has 1 amide bonds. The van der Waals surface area contributed by atoms with Gasteiger partial charge in [-0.15, -0.1) is 24.0 Å². The van der Waals surface area contributed by atoms with E-state index in [4.69, 9.17) is 4.99 Å². The van der Waals surface area contributed by atoms with Crippen LogP contribution in [0.15, 0.2) is 59.6 Å². The van der Waals surface area contributed by atoms with Crippen LogP contribution in [0.1, 0.15) is 41.8 Å². The molecular formula is C24H33IN4O. The Bertz CT molecular complexity index is 808. The number of carbonyl (C=O) groups excluding carboxylic acids is 1. The quantitative estimate of drug-likeness (QED) is 0.329. The molecule has 2 N–H and O–H groups in total. The number of hydrogen-bond acceptors (Lipinski definition) is 2. The van der Waals surface area contributed by atoms with Crippen LogP contribution < -0.4 is 10.6 Å². The second-order valence-corrected chi connectivity index (χ2v) is 7.52. The number of rotatable bonds is 7. The van der Waals surface area contributed by atoms with Crippen molar-refractivity contribution in [1.29, 1.82) is 0 Å². The molecule has 0 aliphatic carbocycles. The Balaban J connectivity index is 0.00000320. The lowest BCUT2D eigenvalue weighted by molar-refractivity contribution is 0.0956. The fourth-order valence-electron chi connectivity index (χ4n) is 3.76. The summed E-state index contributed by atoms with van der Waals surface area (Å²) in [4.78, 5) is 19.1. The van der Waals surface area contributed by atoms with Gasteiger partial charge in [0.15, 0.2) is 5.96 Å². The van der Waals surface area contributed by atoms with Crippen molar-refractivity contribution in [3.05, 3.63) is 71.3 Å². The molecule has 2 aromatic rings. The number of nitrogens with zero attached hydrogens (tertiary/aromatic N) is 2. The molecule has 0 spiro atoms.